The summed E-state index contributed by atoms with van der Waals surface area (Å²) < 4.78 is 4.92. The number of carbonyl (C=O) groups is 2. The fraction of sp³-hybridized carbons (Fsp3) is 0.200. The smallest absolute Gasteiger partial charge is 0.328 e. The van der Waals surface area contributed by atoms with Gasteiger partial charge in [-0.2, -0.15) is 0 Å². The minimum absolute atomic E-state index is 0.300. The van der Waals surface area contributed by atoms with Crippen LogP contribution in [0.3, 0.4) is 0 Å². The topological polar surface area (TPSA) is 55.4 Å². The lowest BCUT2D eigenvalue weighted by molar-refractivity contribution is -0.142. The number of benzene rings is 3. The summed E-state index contributed by atoms with van der Waals surface area (Å²) in [6.45, 7) is 4.00. The number of aryl methyl sites for hydroxylation is 2. The Labute approximate surface area is 171 Å². The summed E-state index contributed by atoms with van der Waals surface area (Å²) in [5, 5.41) is 2.83. The van der Waals surface area contributed by atoms with Crippen molar-refractivity contribution in [2.45, 2.75) is 26.3 Å². The average Bonchev–Trinajstić information content (AvgIpc) is 2.75. The van der Waals surface area contributed by atoms with Crippen LogP contribution in [0.1, 0.15) is 27.0 Å². The molecule has 3 aromatic rings. The molecule has 0 aliphatic heterocycles. The van der Waals surface area contributed by atoms with E-state index < -0.39 is 12.0 Å². The van der Waals surface area contributed by atoms with E-state index in [9.17, 15) is 9.59 Å². The zero-order valence-corrected chi connectivity index (χ0v) is 16.9. The number of esters is 1. The molecule has 0 fully saturated rings. The zero-order chi connectivity index (χ0) is 20.8. The average molecular weight is 387 g/mol. The van der Waals surface area contributed by atoms with E-state index in [0.29, 0.717) is 12.0 Å². The van der Waals surface area contributed by atoms with Crippen molar-refractivity contribution >= 4 is 11.9 Å². The number of carbonyl (C=O) groups excluding carboxylic acids is 2. The largest absolute Gasteiger partial charge is 0.467 e. The van der Waals surface area contributed by atoms with Gasteiger partial charge in [0.25, 0.3) is 5.91 Å². The van der Waals surface area contributed by atoms with E-state index in [1.165, 1.54) is 7.11 Å². The monoisotopic (exact) mass is 387 g/mol. The normalized spacial score (nSPS) is 11.6. The fourth-order valence-electron chi connectivity index (χ4n) is 3.40. The lowest BCUT2D eigenvalue weighted by Crippen LogP contribution is -2.43. The summed E-state index contributed by atoms with van der Waals surface area (Å²) in [7, 11) is 1.33. The van der Waals surface area contributed by atoms with E-state index in [1.807, 2.05) is 74.5 Å². The fourth-order valence-corrected chi connectivity index (χ4v) is 3.40. The molecular weight excluding hydrogens is 362 g/mol. The van der Waals surface area contributed by atoms with Gasteiger partial charge >= 0.3 is 5.97 Å². The van der Waals surface area contributed by atoms with Gasteiger partial charge in [0.2, 0.25) is 0 Å². The maximum absolute atomic E-state index is 12.8. The molecule has 0 heterocycles. The van der Waals surface area contributed by atoms with Crippen molar-refractivity contribution < 1.29 is 14.3 Å². The first-order chi connectivity index (χ1) is 14.0. The molecule has 4 nitrogen and oxygen atoms in total. The summed E-state index contributed by atoms with van der Waals surface area (Å²) in [6.07, 6.45) is 0.388. The van der Waals surface area contributed by atoms with Crippen LogP contribution in [0.15, 0.2) is 72.8 Å². The van der Waals surface area contributed by atoms with Gasteiger partial charge in [0.05, 0.1) is 7.11 Å². The summed E-state index contributed by atoms with van der Waals surface area (Å²) in [5.41, 5.74) is 5.83. The van der Waals surface area contributed by atoms with E-state index in [0.717, 1.165) is 27.8 Å². The number of hydrogen-bond acceptors (Lipinski definition) is 3. The van der Waals surface area contributed by atoms with Crippen LogP contribution < -0.4 is 5.32 Å². The molecule has 3 aromatic carbocycles. The van der Waals surface area contributed by atoms with Gasteiger partial charge in [-0.15, -0.1) is 0 Å². The Hall–Kier alpha value is -3.40. The van der Waals surface area contributed by atoms with Gasteiger partial charge in [-0.1, -0.05) is 60.7 Å². The Morgan fingerprint density at radius 3 is 2.00 bits per heavy atom. The summed E-state index contributed by atoms with van der Waals surface area (Å²) in [6, 6.07) is 22.5. The molecule has 0 bridgehead atoms. The number of methoxy groups -OCH3 is 1. The highest BCUT2D eigenvalue weighted by Gasteiger charge is 2.24. The highest BCUT2D eigenvalue weighted by Crippen LogP contribution is 2.20. The maximum atomic E-state index is 12.8. The van der Waals surface area contributed by atoms with Crippen LogP contribution in [0.25, 0.3) is 11.1 Å². The molecule has 0 radical (unpaired) electrons. The first-order valence-electron chi connectivity index (χ1n) is 9.59. The molecule has 3 rings (SSSR count). The zero-order valence-electron chi connectivity index (χ0n) is 16.9. The predicted octanol–water partition coefficient (Wildman–Crippen LogP) is 4.48. The predicted molar refractivity (Wildman–Crippen MR) is 115 cm³/mol. The Morgan fingerprint density at radius 2 is 1.41 bits per heavy atom. The molecule has 0 unspecified atom stereocenters. The Morgan fingerprint density at radius 1 is 0.828 bits per heavy atom. The van der Waals surface area contributed by atoms with Crippen LogP contribution in [-0.4, -0.2) is 25.0 Å². The molecule has 0 saturated heterocycles. The van der Waals surface area contributed by atoms with Gasteiger partial charge in [-0.25, -0.2) is 4.79 Å². The van der Waals surface area contributed by atoms with Crippen molar-refractivity contribution in [1.82, 2.24) is 5.32 Å². The molecule has 1 atom stereocenters. The Bertz CT molecular complexity index is 974. The molecule has 0 aliphatic carbocycles. The van der Waals surface area contributed by atoms with Crippen molar-refractivity contribution in [1.29, 1.82) is 0 Å². The first-order valence-corrected chi connectivity index (χ1v) is 9.59. The van der Waals surface area contributed by atoms with Crippen LogP contribution in [0.4, 0.5) is 0 Å². The van der Waals surface area contributed by atoms with Crippen LogP contribution in [0.5, 0.6) is 0 Å². The minimum Gasteiger partial charge on any atom is -0.467 e. The maximum Gasteiger partial charge on any atom is 0.328 e. The molecule has 4 heteroatoms. The SMILES string of the molecule is COC(=O)[C@@H](Cc1c(C)cccc1C)NC(=O)c1ccc(-c2ccccc2)cc1. The van der Waals surface area contributed by atoms with E-state index in [-0.39, 0.29) is 5.91 Å². The highest BCUT2D eigenvalue weighted by molar-refractivity contribution is 5.97. The van der Waals surface area contributed by atoms with E-state index in [2.05, 4.69) is 5.32 Å². The van der Waals surface area contributed by atoms with Crippen LogP contribution in [0, 0.1) is 13.8 Å². The molecule has 148 valence electrons. The van der Waals surface area contributed by atoms with Gasteiger partial charge in [0.15, 0.2) is 0 Å². The van der Waals surface area contributed by atoms with E-state index in [1.54, 1.807) is 12.1 Å². The third-order valence-corrected chi connectivity index (χ3v) is 5.10. The van der Waals surface area contributed by atoms with Gasteiger partial charge < -0.3 is 10.1 Å². The molecule has 0 spiro atoms. The molecule has 0 saturated carbocycles. The second-order valence-corrected chi connectivity index (χ2v) is 7.07. The first kappa shape index (κ1) is 20.3. The minimum atomic E-state index is -0.749. The molecule has 1 N–H and O–H groups in total. The van der Waals surface area contributed by atoms with Crippen molar-refractivity contribution in [3.05, 3.63) is 95.1 Å². The third kappa shape index (κ3) is 4.91. The van der Waals surface area contributed by atoms with Gasteiger partial charge in [0.1, 0.15) is 6.04 Å². The lowest BCUT2D eigenvalue weighted by Gasteiger charge is -2.19. The van der Waals surface area contributed by atoms with Crippen molar-refractivity contribution in [2.24, 2.45) is 0 Å². The Balaban J connectivity index is 1.77. The molecule has 0 aromatic heterocycles. The molecule has 1 amide bonds. The number of nitrogens with one attached hydrogen (secondary N) is 1. The van der Waals surface area contributed by atoms with Crippen molar-refractivity contribution in [3.63, 3.8) is 0 Å². The van der Waals surface area contributed by atoms with Crippen LogP contribution >= 0.6 is 0 Å². The second-order valence-electron chi connectivity index (χ2n) is 7.07. The Kier molecular flexibility index (Phi) is 6.45. The quantitative estimate of drug-likeness (QED) is 0.634. The highest BCUT2D eigenvalue weighted by atomic mass is 16.5. The molecular formula is C25H25NO3. The third-order valence-electron chi connectivity index (χ3n) is 5.10. The summed E-state index contributed by atoms with van der Waals surface area (Å²) in [5.74, 6) is -0.756. The number of hydrogen-bond donors (Lipinski definition) is 1. The van der Waals surface area contributed by atoms with Gasteiger partial charge in [0, 0.05) is 12.0 Å². The van der Waals surface area contributed by atoms with Crippen LogP contribution in [-0.2, 0) is 16.0 Å². The van der Waals surface area contributed by atoms with E-state index in [4.69, 9.17) is 4.74 Å². The standard InChI is InChI=1S/C25H25NO3/c1-17-8-7-9-18(2)22(17)16-23(25(28)29-3)26-24(27)21-14-12-20(13-15-21)19-10-5-4-6-11-19/h4-15,23H,16H2,1-3H3,(H,26,27)/t23-/m1/s1. The molecule has 29 heavy (non-hydrogen) atoms. The lowest BCUT2D eigenvalue weighted by atomic mass is 9.96. The van der Waals surface area contributed by atoms with Crippen molar-refractivity contribution in [2.75, 3.05) is 7.11 Å². The molecule has 0 aliphatic rings. The van der Waals surface area contributed by atoms with Crippen molar-refractivity contribution in [3.8, 4) is 11.1 Å². The summed E-state index contributed by atoms with van der Waals surface area (Å²) >= 11 is 0. The second kappa shape index (κ2) is 9.20. The van der Waals surface area contributed by atoms with Gasteiger partial charge in [-0.3, -0.25) is 4.79 Å². The number of amides is 1. The van der Waals surface area contributed by atoms with Crippen LogP contribution in [0.2, 0.25) is 0 Å². The van der Waals surface area contributed by atoms with E-state index >= 15 is 0 Å². The number of ether oxygens (including phenoxy) is 1. The number of rotatable bonds is 6. The van der Waals surface area contributed by atoms with Gasteiger partial charge in [-0.05, 0) is 53.8 Å². The summed E-state index contributed by atoms with van der Waals surface area (Å²) in [4.78, 5) is 25.1.